The Hall–Kier alpha value is -0.760. The minimum absolute atomic E-state index is 0.348. The fourth-order valence-corrected chi connectivity index (χ4v) is 3.39. The van der Waals surface area contributed by atoms with Gasteiger partial charge in [0.2, 0.25) is 0 Å². The molecular weight excluding hydrogens is 228 g/mol. The van der Waals surface area contributed by atoms with Crippen molar-refractivity contribution in [3.63, 3.8) is 0 Å². The maximum absolute atomic E-state index is 12.0. The summed E-state index contributed by atoms with van der Waals surface area (Å²) in [4.78, 5) is 13.3. The summed E-state index contributed by atoms with van der Waals surface area (Å²) in [6.07, 6.45) is 6.03. The summed E-state index contributed by atoms with van der Waals surface area (Å²) in [5.74, 6) is 1.45. The molecule has 0 N–H and O–H groups in total. The van der Waals surface area contributed by atoms with Crippen LogP contribution in [0.4, 0.5) is 0 Å². The van der Waals surface area contributed by atoms with Crippen LogP contribution in [0.25, 0.3) is 0 Å². The molecule has 1 saturated carbocycles. The molecule has 0 bridgehead atoms. The number of ketones is 1. The highest BCUT2D eigenvalue weighted by Crippen LogP contribution is 2.27. The number of rotatable bonds is 4. The zero-order chi connectivity index (χ0) is 12.1. The van der Waals surface area contributed by atoms with E-state index in [0.717, 1.165) is 12.8 Å². The lowest BCUT2D eigenvalue weighted by molar-refractivity contribution is -0.121. The fraction of sp³-hybridized carbons (Fsp3) is 0.533. The number of thioether (sulfide) groups is 1. The molecule has 0 unspecified atom stereocenters. The van der Waals surface area contributed by atoms with Crippen molar-refractivity contribution < 1.29 is 4.79 Å². The highest BCUT2D eigenvalue weighted by Gasteiger charge is 2.20. The first-order valence-corrected chi connectivity index (χ1v) is 7.46. The first kappa shape index (κ1) is 12.7. The molecule has 2 heteroatoms. The molecule has 1 aliphatic carbocycles. The zero-order valence-electron chi connectivity index (χ0n) is 10.4. The minimum atomic E-state index is 0.348. The average molecular weight is 248 g/mol. The van der Waals surface area contributed by atoms with E-state index < -0.39 is 0 Å². The second-order valence-corrected chi connectivity index (χ2v) is 5.96. The van der Waals surface area contributed by atoms with E-state index in [0.29, 0.717) is 17.5 Å². The second kappa shape index (κ2) is 6.25. The highest BCUT2D eigenvalue weighted by molar-refractivity contribution is 8.00. The number of hydrogen-bond donors (Lipinski definition) is 0. The normalized spacial score (nSPS) is 17.0. The van der Waals surface area contributed by atoms with Crippen LogP contribution in [0.3, 0.4) is 0 Å². The Balaban J connectivity index is 1.83. The summed E-state index contributed by atoms with van der Waals surface area (Å²) in [5.41, 5.74) is 1.26. The van der Waals surface area contributed by atoms with Crippen molar-refractivity contribution in [1.82, 2.24) is 0 Å². The molecule has 0 amide bonds. The maximum Gasteiger partial charge on any atom is 0.146 e. The first-order chi connectivity index (χ1) is 8.25. The van der Waals surface area contributed by atoms with Gasteiger partial charge in [0.25, 0.3) is 0 Å². The average Bonchev–Trinajstić information content (AvgIpc) is 2.37. The van der Waals surface area contributed by atoms with Crippen LogP contribution in [0.2, 0.25) is 0 Å². The van der Waals surface area contributed by atoms with Gasteiger partial charge in [-0.2, -0.15) is 0 Å². The molecule has 0 aromatic heterocycles. The largest absolute Gasteiger partial charge is 0.298 e. The molecule has 1 aliphatic rings. The Morgan fingerprint density at radius 3 is 2.76 bits per heavy atom. The Morgan fingerprint density at radius 1 is 1.29 bits per heavy atom. The summed E-state index contributed by atoms with van der Waals surface area (Å²) in [6, 6.07) is 8.39. The lowest BCUT2D eigenvalue weighted by Crippen LogP contribution is -2.19. The van der Waals surface area contributed by atoms with Crippen LogP contribution >= 0.6 is 11.8 Å². The number of carbonyl (C=O) groups is 1. The Labute approximate surface area is 108 Å². The van der Waals surface area contributed by atoms with Crippen LogP contribution in [0.1, 0.15) is 37.7 Å². The van der Waals surface area contributed by atoms with Crippen LogP contribution in [-0.2, 0) is 4.79 Å². The number of Topliss-reactive ketones (excluding diaryl/α,β-unsaturated/α-hetero) is 1. The lowest BCUT2D eigenvalue weighted by atomic mass is 9.87. The Morgan fingerprint density at radius 2 is 2.06 bits per heavy atom. The van der Waals surface area contributed by atoms with Crippen molar-refractivity contribution in [1.29, 1.82) is 0 Å². The number of hydrogen-bond acceptors (Lipinski definition) is 2. The predicted molar refractivity (Wildman–Crippen MR) is 73.5 cm³/mol. The summed E-state index contributed by atoms with van der Waals surface area (Å²) in [7, 11) is 0. The number of carbonyl (C=O) groups excluding carboxylic acids is 1. The Kier molecular flexibility index (Phi) is 4.66. The van der Waals surface area contributed by atoms with Crippen molar-refractivity contribution in [3.05, 3.63) is 29.8 Å². The van der Waals surface area contributed by atoms with Gasteiger partial charge in [-0.15, -0.1) is 11.8 Å². The van der Waals surface area contributed by atoms with Crippen LogP contribution in [0, 0.1) is 12.8 Å². The third-order valence-corrected chi connectivity index (χ3v) is 4.45. The van der Waals surface area contributed by atoms with Gasteiger partial charge in [0.15, 0.2) is 0 Å². The van der Waals surface area contributed by atoms with Crippen molar-refractivity contribution in [2.45, 2.75) is 43.9 Å². The standard InChI is InChI=1S/C15H20OS/c1-12-6-5-9-14(10-12)17-11-15(16)13-7-3-2-4-8-13/h5-6,9-10,13H,2-4,7-8,11H2,1H3. The van der Waals surface area contributed by atoms with Gasteiger partial charge >= 0.3 is 0 Å². The first-order valence-electron chi connectivity index (χ1n) is 6.48. The van der Waals surface area contributed by atoms with Crippen molar-refractivity contribution in [2.75, 3.05) is 5.75 Å². The minimum Gasteiger partial charge on any atom is -0.298 e. The summed E-state index contributed by atoms with van der Waals surface area (Å²) >= 11 is 1.69. The van der Waals surface area contributed by atoms with Gasteiger partial charge in [0.05, 0.1) is 5.75 Å². The molecular formula is C15H20OS. The van der Waals surface area contributed by atoms with E-state index in [-0.39, 0.29) is 0 Å². The summed E-state index contributed by atoms with van der Waals surface area (Å²) in [5, 5.41) is 0. The molecule has 1 fully saturated rings. The van der Waals surface area contributed by atoms with Crippen LogP contribution in [-0.4, -0.2) is 11.5 Å². The molecule has 17 heavy (non-hydrogen) atoms. The van der Waals surface area contributed by atoms with Gasteiger partial charge in [-0.25, -0.2) is 0 Å². The van der Waals surface area contributed by atoms with E-state index in [2.05, 4.69) is 31.2 Å². The summed E-state index contributed by atoms with van der Waals surface area (Å²) < 4.78 is 0. The van der Waals surface area contributed by atoms with E-state index in [1.807, 2.05) is 0 Å². The van der Waals surface area contributed by atoms with E-state index in [4.69, 9.17) is 0 Å². The van der Waals surface area contributed by atoms with Gasteiger partial charge < -0.3 is 0 Å². The van der Waals surface area contributed by atoms with Gasteiger partial charge in [-0.1, -0.05) is 37.0 Å². The number of benzene rings is 1. The molecule has 0 atom stereocenters. The topological polar surface area (TPSA) is 17.1 Å². The molecule has 92 valence electrons. The molecule has 0 aliphatic heterocycles. The van der Waals surface area contributed by atoms with Crippen LogP contribution < -0.4 is 0 Å². The Bertz CT molecular complexity index is 380. The lowest BCUT2D eigenvalue weighted by Gasteiger charge is -2.19. The van der Waals surface area contributed by atoms with Gasteiger partial charge in [-0.3, -0.25) is 4.79 Å². The van der Waals surface area contributed by atoms with Crippen LogP contribution in [0.5, 0.6) is 0 Å². The predicted octanol–water partition coefficient (Wildman–Crippen LogP) is 4.24. The van der Waals surface area contributed by atoms with Gasteiger partial charge in [0.1, 0.15) is 5.78 Å². The second-order valence-electron chi connectivity index (χ2n) is 4.91. The quantitative estimate of drug-likeness (QED) is 0.741. The van der Waals surface area contributed by atoms with E-state index in [9.17, 15) is 4.79 Å². The van der Waals surface area contributed by atoms with Crippen molar-refractivity contribution >= 4 is 17.5 Å². The van der Waals surface area contributed by atoms with E-state index in [1.54, 1.807) is 11.8 Å². The molecule has 1 nitrogen and oxygen atoms in total. The van der Waals surface area contributed by atoms with Crippen molar-refractivity contribution in [2.24, 2.45) is 5.92 Å². The van der Waals surface area contributed by atoms with Gasteiger partial charge in [0, 0.05) is 10.8 Å². The highest BCUT2D eigenvalue weighted by atomic mass is 32.2. The fourth-order valence-electron chi connectivity index (χ4n) is 2.40. The molecule has 0 spiro atoms. The summed E-state index contributed by atoms with van der Waals surface area (Å²) in [6.45, 7) is 2.09. The molecule has 1 aromatic carbocycles. The molecule has 0 radical (unpaired) electrons. The molecule has 1 aromatic rings. The number of aryl methyl sites for hydroxylation is 1. The third kappa shape index (κ3) is 3.88. The monoisotopic (exact) mass is 248 g/mol. The van der Waals surface area contributed by atoms with E-state index in [1.165, 1.54) is 29.7 Å². The molecule has 0 heterocycles. The smallest absolute Gasteiger partial charge is 0.146 e. The van der Waals surface area contributed by atoms with E-state index >= 15 is 0 Å². The molecule has 0 saturated heterocycles. The molecule has 2 rings (SSSR count). The van der Waals surface area contributed by atoms with Gasteiger partial charge in [-0.05, 0) is 31.9 Å². The van der Waals surface area contributed by atoms with Crippen molar-refractivity contribution in [3.8, 4) is 0 Å². The maximum atomic E-state index is 12.0. The van der Waals surface area contributed by atoms with Crippen LogP contribution in [0.15, 0.2) is 29.2 Å². The zero-order valence-corrected chi connectivity index (χ0v) is 11.3. The SMILES string of the molecule is Cc1cccc(SCC(=O)C2CCCCC2)c1. The third-order valence-electron chi connectivity index (χ3n) is 3.43.